The third kappa shape index (κ3) is 3.67. The number of hydrogen-bond acceptors (Lipinski definition) is 5. The Labute approximate surface area is 175 Å². The van der Waals surface area contributed by atoms with Gasteiger partial charge < -0.3 is 10.2 Å². The van der Waals surface area contributed by atoms with Crippen LogP contribution in [-0.2, 0) is 16.4 Å². The minimum absolute atomic E-state index is 0.221. The van der Waals surface area contributed by atoms with Crippen LogP contribution in [0.15, 0.2) is 28.7 Å². The molecule has 1 amide bonds. The van der Waals surface area contributed by atoms with Crippen LogP contribution >= 0.6 is 0 Å². The monoisotopic (exact) mass is 427 g/mol. The summed E-state index contributed by atoms with van der Waals surface area (Å²) in [6, 6.07) is 7.92. The zero-order chi connectivity index (χ0) is 21.8. The van der Waals surface area contributed by atoms with E-state index in [9.17, 15) is 13.2 Å². The van der Waals surface area contributed by atoms with Gasteiger partial charge in [0.1, 0.15) is 11.6 Å². The first-order chi connectivity index (χ1) is 14.1. The predicted octanol–water partition coefficient (Wildman–Crippen LogP) is 3.41. The number of amides is 1. The molecule has 4 rings (SSSR count). The van der Waals surface area contributed by atoms with Gasteiger partial charge in [-0.2, -0.15) is 4.98 Å². The number of hydrogen-bond donors (Lipinski definition) is 1. The molecule has 2 N–H and O–H groups in total. The van der Waals surface area contributed by atoms with E-state index in [0.29, 0.717) is 28.9 Å². The van der Waals surface area contributed by atoms with E-state index in [0.717, 1.165) is 45.7 Å². The average Bonchev–Trinajstić information content (AvgIpc) is 3.42. The van der Waals surface area contributed by atoms with Crippen molar-refractivity contribution in [2.75, 3.05) is 17.6 Å². The molecule has 0 bridgehead atoms. The summed E-state index contributed by atoms with van der Waals surface area (Å²) in [5, 5.41) is 0.537. The number of carbonyl (C=O) groups excluding carboxylic acids is 1. The van der Waals surface area contributed by atoms with E-state index in [2.05, 4.69) is 11.1 Å². The highest BCUT2D eigenvalue weighted by molar-refractivity contribution is 7.92. The second-order valence-electron chi connectivity index (χ2n) is 8.13. The number of anilines is 1. The Kier molecular flexibility index (Phi) is 4.85. The van der Waals surface area contributed by atoms with Crippen LogP contribution in [0.25, 0.3) is 11.1 Å². The van der Waals surface area contributed by atoms with Crippen LogP contribution in [0.3, 0.4) is 0 Å². The first kappa shape index (κ1) is 20.4. The zero-order valence-electron chi connectivity index (χ0n) is 17.5. The Morgan fingerprint density at radius 3 is 2.53 bits per heavy atom. The van der Waals surface area contributed by atoms with Gasteiger partial charge in [-0.15, -0.1) is 0 Å². The normalized spacial score (nSPS) is 14.3. The van der Waals surface area contributed by atoms with Crippen molar-refractivity contribution < 1.29 is 17.6 Å². The van der Waals surface area contributed by atoms with Gasteiger partial charge in [0.15, 0.2) is 0 Å². The predicted molar refractivity (Wildman–Crippen MR) is 116 cm³/mol. The van der Waals surface area contributed by atoms with Crippen molar-refractivity contribution in [2.45, 2.75) is 39.0 Å². The molecular weight excluding hydrogens is 402 g/mol. The molecule has 0 saturated heterocycles. The Morgan fingerprint density at radius 1 is 1.27 bits per heavy atom. The van der Waals surface area contributed by atoms with Crippen molar-refractivity contribution in [3.8, 4) is 0 Å². The van der Waals surface area contributed by atoms with Crippen molar-refractivity contribution in [3.05, 3.63) is 57.8 Å². The molecule has 1 aromatic carbocycles. The number of aryl methyl sites for hydroxylation is 2. The number of primary amides is 1. The van der Waals surface area contributed by atoms with Crippen molar-refractivity contribution in [2.24, 2.45) is 5.73 Å². The number of aromatic nitrogens is 1. The van der Waals surface area contributed by atoms with Gasteiger partial charge in [-0.3, -0.25) is 9.10 Å². The van der Waals surface area contributed by atoms with Crippen LogP contribution in [0.4, 0.5) is 5.82 Å². The minimum atomic E-state index is -3.49. The number of nitrogens with two attached hydrogens (primary N) is 1. The summed E-state index contributed by atoms with van der Waals surface area (Å²) in [7, 11) is -2.02. The molecule has 1 saturated carbocycles. The number of nitrogens with zero attached hydrogens (tertiary/aromatic N) is 2. The van der Waals surface area contributed by atoms with Crippen molar-refractivity contribution in [3.63, 3.8) is 0 Å². The summed E-state index contributed by atoms with van der Waals surface area (Å²) < 4.78 is 31.4. The molecule has 2 aromatic heterocycles. The van der Waals surface area contributed by atoms with Crippen LogP contribution in [0.5, 0.6) is 0 Å². The van der Waals surface area contributed by atoms with E-state index >= 15 is 0 Å². The lowest BCUT2D eigenvalue weighted by atomic mass is 9.99. The molecule has 0 unspecified atom stereocenters. The number of carbonyl (C=O) groups is 1. The molecule has 0 aliphatic heterocycles. The molecule has 1 fully saturated rings. The minimum Gasteiger partial charge on any atom is -0.441 e. The van der Waals surface area contributed by atoms with E-state index < -0.39 is 15.9 Å². The first-order valence-electron chi connectivity index (χ1n) is 9.82. The second kappa shape index (κ2) is 7.12. The molecule has 0 spiro atoms. The highest BCUT2D eigenvalue weighted by Gasteiger charge is 2.32. The van der Waals surface area contributed by atoms with E-state index in [1.165, 1.54) is 7.05 Å². The summed E-state index contributed by atoms with van der Waals surface area (Å²) in [5.74, 6) is 0.425. The molecular formula is C22H25N3O4S. The SMILES string of the molecule is Cc1ccc(Cc2oc3nc(N(C)S(C)(=O)=O)c(C4CC4)cc3c2C(N)=O)c(C)c1. The Bertz CT molecular complexity index is 1270. The number of furan rings is 1. The van der Waals surface area contributed by atoms with Gasteiger partial charge in [-0.25, -0.2) is 8.42 Å². The fourth-order valence-electron chi connectivity index (χ4n) is 3.79. The standard InChI is InChI=1S/C22H25N3O4S/c1-12-5-6-15(13(2)9-12)10-18-19(20(23)26)17-11-16(14-7-8-14)21(24-22(17)29-18)25(3)30(4,27)28/h5-6,9,11,14H,7-8,10H2,1-4H3,(H2,23,26). The maximum atomic E-state index is 12.3. The molecule has 1 aliphatic rings. The fraction of sp³-hybridized carbons (Fsp3) is 0.364. The summed E-state index contributed by atoms with van der Waals surface area (Å²) in [4.78, 5) is 16.8. The van der Waals surface area contributed by atoms with Gasteiger partial charge in [0, 0.05) is 13.5 Å². The summed E-state index contributed by atoms with van der Waals surface area (Å²) in [6.07, 6.45) is 3.45. The molecule has 3 aromatic rings. The molecule has 0 radical (unpaired) electrons. The molecule has 158 valence electrons. The molecule has 30 heavy (non-hydrogen) atoms. The summed E-state index contributed by atoms with van der Waals surface area (Å²) >= 11 is 0. The van der Waals surface area contributed by atoms with Crippen molar-refractivity contribution >= 4 is 32.8 Å². The lowest BCUT2D eigenvalue weighted by Gasteiger charge is -2.18. The zero-order valence-corrected chi connectivity index (χ0v) is 18.3. The van der Waals surface area contributed by atoms with Crippen LogP contribution in [-0.4, -0.2) is 32.6 Å². The van der Waals surface area contributed by atoms with E-state index in [4.69, 9.17) is 10.2 Å². The highest BCUT2D eigenvalue weighted by Crippen LogP contribution is 2.45. The Morgan fingerprint density at radius 2 is 1.97 bits per heavy atom. The first-order valence-corrected chi connectivity index (χ1v) is 11.7. The second-order valence-corrected chi connectivity index (χ2v) is 10.1. The highest BCUT2D eigenvalue weighted by atomic mass is 32.2. The number of fused-ring (bicyclic) bond motifs is 1. The largest absolute Gasteiger partial charge is 0.441 e. The quantitative estimate of drug-likeness (QED) is 0.649. The summed E-state index contributed by atoms with van der Waals surface area (Å²) in [6.45, 7) is 4.04. The smallest absolute Gasteiger partial charge is 0.252 e. The van der Waals surface area contributed by atoms with E-state index in [1.807, 2.05) is 32.0 Å². The maximum absolute atomic E-state index is 12.3. The summed E-state index contributed by atoms with van der Waals surface area (Å²) in [5.41, 5.74) is 10.3. The molecule has 2 heterocycles. The van der Waals surface area contributed by atoms with Gasteiger partial charge >= 0.3 is 0 Å². The van der Waals surface area contributed by atoms with Crippen molar-refractivity contribution in [1.29, 1.82) is 0 Å². The number of pyridine rings is 1. The average molecular weight is 428 g/mol. The molecule has 7 nitrogen and oxygen atoms in total. The lowest BCUT2D eigenvalue weighted by molar-refractivity contribution is 0.1000. The number of benzene rings is 1. The van der Waals surface area contributed by atoms with E-state index in [-0.39, 0.29) is 11.6 Å². The van der Waals surface area contributed by atoms with Gasteiger partial charge in [0.25, 0.3) is 5.91 Å². The maximum Gasteiger partial charge on any atom is 0.252 e. The fourth-order valence-corrected chi connectivity index (χ4v) is 4.25. The topological polar surface area (TPSA) is 106 Å². The van der Waals surface area contributed by atoms with Gasteiger partial charge in [-0.05, 0) is 55.4 Å². The van der Waals surface area contributed by atoms with Gasteiger partial charge in [0.2, 0.25) is 15.7 Å². The lowest BCUT2D eigenvalue weighted by Crippen LogP contribution is -2.26. The van der Waals surface area contributed by atoms with Crippen LogP contribution in [0.2, 0.25) is 0 Å². The number of sulfonamides is 1. The molecule has 1 aliphatic carbocycles. The third-order valence-corrected chi connectivity index (χ3v) is 6.84. The van der Waals surface area contributed by atoms with Gasteiger partial charge in [-0.1, -0.05) is 23.8 Å². The Hall–Kier alpha value is -2.87. The molecule has 0 atom stereocenters. The van der Waals surface area contributed by atoms with E-state index in [1.54, 1.807) is 0 Å². The van der Waals surface area contributed by atoms with Crippen LogP contribution < -0.4 is 10.0 Å². The van der Waals surface area contributed by atoms with Crippen molar-refractivity contribution in [1.82, 2.24) is 4.98 Å². The van der Waals surface area contributed by atoms with Crippen LogP contribution in [0.1, 0.15) is 57.1 Å². The Balaban J connectivity index is 1.90. The van der Waals surface area contributed by atoms with Crippen LogP contribution in [0, 0.1) is 13.8 Å². The third-order valence-electron chi connectivity index (χ3n) is 5.67. The van der Waals surface area contributed by atoms with Gasteiger partial charge in [0.05, 0.1) is 17.2 Å². The molecule has 8 heteroatoms. The number of rotatable bonds is 6.